The summed E-state index contributed by atoms with van der Waals surface area (Å²) in [7, 11) is 0. The smallest absolute Gasteiger partial charge is 0.326 e. The Kier molecular flexibility index (Phi) is 4.77. The highest BCUT2D eigenvalue weighted by Gasteiger charge is 2.31. The number of hydrogen-bond donors (Lipinski definition) is 2. The van der Waals surface area contributed by atoms with Gasteiger partial charge in [-0.25, -0.2) is 4.79 Å². The first-order valence-electron chi connectivity index (χ1n) is 9.44. The summed E-state index contributed by atoms with van der Waals surface area (Å²) in [5.74, 6) is -0.459. The van der Waals surface area contributed by atoms with Crippen LogP contribution in [0, 0.1) is 0 Å². The van der Waals surface area contributed by atoms with Gasteiger partial charge in [0.2, 0.25) is 0 Å². The van der Waals surface area contributed by atoms with Crippen molar-refractivity contribution < 1.29 is 19.4 Å². The second-order valence-electron chi connectivity index (χ2n) is 6.92. The monoisotopic (exact) mass is 378 g/mol. The normalized spacial score (nSPS) is 14.4. The molecular weight excluding hydrogens is 356 g/mol. The number of nitrogens with zero attached hydrogens (tertiary/aromatic N) is 1. The zero-order chi connectivity index (χ0) is 19.7. The van der Waals surface area contributed by atoms with Gasteiger partial charge < -0.3 is 19.7 Å². The SMILES string of the molecule is CCC(C(=O)O)n1c2c(c3cc(OCc4ccccc4)ccc31)CCNC2=O. The minimum absolute atomic E-state index is 0.219. The van der Waals surface area contributed by atoms with E-state index in [9.17, 15) is 14.7 Å². The molecule has 2 aromatic carbocycles. The summed E-state index contributed by atoms with van der Waals surface area (Å²) in [6, 6.07) is 14.7. The Balaban J connectivity index is 1.78. The molecule has 0 fully saturated rings. The van der Waals surface area contributed by atoms with Crippen molar-refractivity contribution >= 4 is 22.8 Å². The molecule has 0 radical (unpaired) electrons. The van der Waals surface area contributed by atoms with E-state index in [4.69, 9.17) is 4.74 Å². The fraction of sp³-hybridized carbons (Fsp3) is 0.273. The maximum absolute atomic E-state index is 12.6. The van der Waals surface area contributed by atoms with Crippen molar-refractivity contribution in [2.45, 2.75) is 32.4 Å². The molecule has 0 bridgehead atoms. The Labute approximate surface area is 162 Å². The van der Waals surface area contributed by atoms with E-state index in [0.717, 1.165) is 22.0 Å². The molecule has 144 valence electrons. The lowest BCUT2D eigenvalue weighted by molar-refractivity contribution is -0.140. The molecule has 4 rings (SSSR count). The summed E-state index contributed by atoms with van der Waals surface area (Å²) in [6.07, 6.45) is 1.06. The third kappa shape index (κ3) is 3.11. The molecule has 6 heteroatoms. The van der Waals surface area contributed by atoms with Crippen LogP contribution in [0.25, 0.3) is 10.9 Å². The highest BCUT2D eigenvalue weighted by molar-refractivity contribution is 6.04. The molecule has 3 aromatic rings. The maximum atomic E-state index is 12.6. The van der Waals surface area contributed by atoms with Crippen LogP contribution < -0.4 is 10.1 Å². The van der Waals surface area contributed by atoms with E-state index >= 15 is 0 Å². The Bertz CT molecular complexity index is 1040. The van der Waals surface area contributed by atoms with E-state index < -0.39 is 12.0 Å². The fourth-order valence-electron chi connectivity index (χ4n) is 3.87. The van der Waals surface area contributed by atoms with Gasteiger partial charge in [0.15, 0.2) is 0 Å². The Morgan fingerprint density at radius 2 is 2.04 bits per heavy atom. The number of aliphatic carboxylic acids is 1. The topological polar surface area (TPSA) is 80.6 Å². The number of benzene rings is 2. The lowest BCUT2D eigenvalue weighted by Crippen LogP contribution is -2.35. The largest absolute Gasteiger partial charge is 0.489 e. The standard InChI is InChI=1S/C22H22N2O4/c1-2-18(22(26)27)24-19-9-8-15(28-13-14-6-4-3-5-7-14)12-17(19)16-10-11-23-21(25)20(16)24/h3-9,12,18H,2,10-11,13H2,1H3,(H,23,25)(H,26,27). The molecule has 1 atom stereocenters. The van der Waals surface area contributed by atoms with Gasteiger partial charge in [0, 0.05) is 11.9 Å². The van der Waals surface area contributed by atoms with Crippen LogP contribution in [0.4, 0.5) is 0 Å². The first kappa shape index (κ1) is 18.1. The number of nitrogens with one attached hydrogen (secondary N) is 1. The van der Waals surface area contributed by atoms with Gasteiger partial charge >= 0.3 is 5.97 Å². The van der Waals surface area contributed by atoms with E-state index in [2.05, 4.69) is 5.32 Å². The zero-order valence-corrected chi connectivity index (χ0v) is 15.6. The average molecular weight is 378 g/mol. The summed E-state index contributed by atoms with van der Waals surface area (Å²) in [4.78, 5) is 24.4. The van der Waals surface area contributed by atoms with Gasteiger partial charge in [0.05, 0.1) is 5.52 Å². The fourth-order valence-corrected chi connectivity index (χ4v) is 3.87. The quantitative estimate of drug-likeness (QED) is 0.687. The first-order chi connectivity index (χ1) is 13.6. The number of amides is 1. The van der Waals surface area contributed by atoms with E-state index in [-0.39, 0.29) is 5.91 Å². The van der Waals surface area contributed by atoms with Crippen molar-refractivity contribution in [1.82, 2.24) is 9.88 Å². The molecule has 0 spiro atoms. The predicted molar refractivity (Wildman–Crippen MR) is 106 cm³/mol. The molecule has 0 saturated heterocycles. The minimum atomic E-state index is -0.940. The molecule has 1 aliphatic heterocycles. The van der Waals surface area contributed by atoms with Crippen molar-refractivity contribution in [1.29, 1.82) is 0 Å². The third-order valence-electron chi connectivity index (χ3n) is 5.19. The van der Waals surface area contributed by atoms with Gasteiger partial charge in [0.1, 0.15) is 24.1 Å². The lowest BCUT2D eigenvalue weighted by atomic mass is 10.0. The Morgan fingerprint density at radius 1 is 1.25 bits per heavy atom. The Hall–Kier alpha value is -3.28. The van der Waals surface area contributed by atoms with Gasteiger partial charge in [-0.15, -0.1) is 0 Å². The summed E-state index contributed by atoms with van der Waals surface area (Å²) in [5.41, 5.74) is 3.17. The number of hydrogen-bond acceptors (Lipinski definition) is 3. The van der Waals surface area contributed by atoms with Crippen LogP contribution in [0.1, 0.15) is 41.0 Å². The second-order valence-corrected chi connectivity index (χ2v) is 6.92. The third-order valence-corrected chi connectivity index (χ3v) is 5.19. The summed E-state index contributed by atoms with van der Waals surface area (Å²) >= 11 is 0. The number of carbonyl (C=O) groups excluding carboxylic acids is 1. The number of carboxylic acids is 1. The predicted octanol–water partition coefficient (Wildman–Crippen LogP) is 3.54. The van der Waals surface area contributed by atoms with Crippen molar-refractivity contribution in [2.75, 3.05) is 6.54 Å². The highest BCUT2D eigenvalue weighted by Crippen LogP contribution is 2.35. The van der Waals surface area contributed by atoms with Gasteiger partial charge in [-0.2, -0.15) is 0 Å². The van der Waals surface area contributed by atoms with Crippen LogP contribution in [-0.4, -0.2) is 28.1 Å². The van der Waals surface area contributed by atoms with Gasteiger partial charge in [-0.1, -0.05) is 37.3 Å². The summed E-state index contributed by atoms with van der Waals surface area (Å²) in [6.45, 7) is 2.81. The lowest BCUT2D eigenvalue weighted by Gasteiger charge is -2.20. The zero-order valence-electron chi connectivity index (χ0n) is 15.6. The number of carbonyl (C=O) groups is 2. The van der Waals surface area contributed by atoms with Crippen LogP contribution >= 0.6 is 0 Å². The van der Waals surface area contributed by atoms with Gasteiger partial charge in [-0.3, -0.25) is 4.79 Å². The second kappa shape index (κ2) is 7.38. The maximum Gasteiger partial charge on any atom is 0.326 e. The molecule has 1 unspecified atom stereocenters. The van der Waals surface area contributed by atoms with Crippen LogP contribution in [0.15, 0.2) is 48.5 Å². The first-order valence-corrected chi connectivity index (χ1v) is 9.44. The average Bonchev–Trinajstić information content (AvgIpc) is 3.03. The van der Waals surface area contributed by atoms with Gasteiger partial charge in [-0.05, 0) is 42.2 Å². The minimum Gasteiger partial charge on any atom is -0.489 e. The molecule has 2 N–H and O–H groups in total. The van der Waals surface area contributed by atoms with Crippen molar-refractivity contribution in [2.24, 2.45) is 0 Å². The van der Waals surface area contributed by atoms with E-state index in [0.29, 0.717) is 37.4 Å². The van der Waals surface area contributed by atoms with Crippen LogP contribution in [0.5, 0.6) is 5.75 Å². The molecule has 0 aliphatic carbocycles. The number of carboxylic acid groups (broad SMARTS) is 1. The molecule has 1 amide bonds. The molecule has 1 aromatic heterocycles. The molecule has 0 saturated carbocycles. The molecule has 6 nitrogen and oxygen atoms in total. The number of aromatic nitrogens is 1. The van der Waals surface area contributed by atoms with Crippen molar-refractivity contribution in [3.63, 3.8) is 0 Å². The summed E-state index contributed by atoms with van der Waals surface area (Å²) < 4.78 is 7.60. The highest BCUT2D eigenvalue weighted by atomic mass is 16.5. The van der Waals surface area contributed by atoms with E-state index in [1.165, 1.54) is 0 Å². The van der Waals surface area contributed by atoms with Crippen molar-refractivity contribution in [3.8, 4) is 5.75 Å². The number of rotatable bonds is 6. The van der Waals surface area contributed by atoms with Crippen LogP contribution in [-0.2, 0) is 17.8 Å². The molecular formula is C22H22N2O4. The van der Waals surface area contributed by atoms with Crippen LogP contribution in [0.2, 0.25) is 0 Å². The van der Waals surface area contributed by atoms with Crippen molar-refractivity contribution in [3.05, 3.63) is 65.4 Å². The number of fused-ring (bicyclic) bond motifs is 3. The van der Waals surface area contributed by atoms with Crippen LogP contribution in [0.3, 0.4) is 0 Å². The van der Waals surface area contributed by atoms with E-state index in [1.54, 1.807) is 4.57 Å². The Morgan fingerprint density at radius 3 is 2.75 bits per heavy atom. The molecule has 1 aliphatic rings. The van der Waals surface area contributed by atoms with Gasteiger partial charge in [0.25, 0.3) is 5.91 Å². The summed E-state index contributed by atoms with van der Waals surface area (Å²) in [5, 5.41) is 13.4. The van der Waals surface area contributed by atoms with E-state index in [1.807, 2.05) is 55.5 Å². The number of ether oxygens (including phenoxy) is 1. The molecule has 2 heterocycles. The molecule has 28 heavy (non-hydrogen) atoms.